The van der Waals surface area contributed by atoms with Crippen molar-refractivity contribution in [2.75, 3.05) is 14.2 Å². The van der Waals surface area contributed by atoms with Gasteiger partial charge in [-0.05, 0) is 38.1 Å². The van der Waals surface area contributed by atoms with Gasteiger partial charge in [0.05, 0.1) is 9.79 Å². The average Bonchev–Trinajstić information content (AvgIpc) is 2.65. The van der Waals surface area contributed by atoms with Crippen LogP contribution in [0.5, 0.6) is 0 Å². The van der Waals surface area contributed by atoms with E-state index in [0.717, 1.165) is 25.3 Å². The third-order valence-corrected chi connectivity index (χ3v) is 7.17. The summed E-state index contributed by atoms with van der Waals surface area (Å²) in [5.74, 6) is 0. The number of aryl methyl sites for hydroxylation is 2. The molecule has 0 aliphatic rings. The maximum atomic E-state index is 13.1. The van der Waals surface area contributed by atoms with Crippen molar-refractivity contribution >= 4 is 29.8 Å². The van der Waals surface area contributed by atoms with Crippen LogP contribution >= 0.6 is 0 Å². The van der Waals surface area contributed by atoms with Gasteiger partial charge in [0.2, 0.25) is 29.8 Å². The third-order valence-electron chi connectivity index (χ3n) is 3.70. The summed E-state index contributed by atoms with van der Waals surface area (Å²) in [4.78, 5) is 8.93. The van der Waals surface area contributed by atoms with Crippen LogP contribution in [-0.4, -0.2) is 41.1 Å². The Hall–Kier alpha value is -2.72. The van der Waals surface area contributed by atoms with E-state index in [-0.39, 0.29) is 9.79 Å². The second kappa shape index (κ2) is 8.53. The molecule has 28 heavy (non-hydrogen) atoms. The van der Waals surface area contributed by atoms with Crippen molar-refractivity contribution in [3.63, 3.8) is 0 Å². The van der Waals surface area contributed by atoms with E-state index in [1.54, 1.807) is 38.1 Å². The van der Waals surface area contributed by atoms with E-state index in [1.807, 2.05) is 0 Å². The second-order valence-corrected chi connectivity index (χ2v) is 9.52. The number of oxime groups is 2. The maximum absolute atomic E-state index is 13.1. The molecule has 0 aliphatic carbocycles. The molecule has 2 rings (SSSR count). The monoisotopic (exact) mass is 424 g/mol. The molecule has 10 heteroatoms. The minimum absolute atomic E-state index is 0.156. The molecule has 2 aromatic carbocycles. The quantitative estimate of drug-likeness (QED) is 0.423. The van der Waals surface area contributed by atoms with Crippen LogP contribution in [0, 0.1) is 13.8 Å². The van der Waals surface area contributed by atoms with E-state index >= 15 is 0 Å². The Bertz CT molecular complexity index is 1010. The Balaban J connectivity index is 2.70. The number of hydrogen-bond acceptors (Lipinski definition) is 8. The summed E-state index contributed by atoms with van der Waals surface area (Å²) in [6, 6.07) is 11.7. The standard InChI is InChI=1S/C18H20N2O6S2/c1-13-5-9-15(10-6-13)27(21,22)17(19-25-3)18(20-26-4)28(23,24)16-11-7-14(2)8-12-16/h5-12H,1-4H3/b19-17+,20-18+. The first-order valence-electron chi connectivity index (χ1n) is 8.00. The molecule has 8 nitrogen and oxygen atoms in total. The zero-order chi connectivity index (χ0) is 20.9. The lowest BCUT2D eigenvalue weighted by molar-refractivity contribution is 0.211. The highest BCUT2D eigenvalue weighted by Gasteiger charge is 2.38. The van der Waals surface area contributed by atoms with Crippen molar-refractivity contribution in [2.24, 2.45) is 10.3 Å². The number of benzene rings is 2. The van der Waals surface area contributed by atoms with Crippen LogP contribution in [0.2, 0.25) is 0 Å². The Morgan fingerprint density at radius 1 is 0.643 bits per heavy atom. The van der Waals surface area contributed by atoms with Crippen LogP contribution in [0.4, 0.5) is 0 Å². The minimum atomic E-state index is -4.37. The van der Waals surface area contributed by atoms with Gasteiger partial charge in [-0.1, -0.05) is 45.7 Å². The molecule has 0 fully saturated rings. The van der Waals surface area contributed by atoms with Crippen molar-refractivity contribution in [2.45, 2.75) is 23.6 Å². The molecule has 0 spiro atoms. The largest absolute Gasteiger partial charge is 0.398 e. The van der Waals surface area contributed by atoms with Crippen molar-refractivity contribution in [3.8, 4) is 0 Å². The van der Waals surface area contributed by atoms with Gasteiger partial charge in [-0.2, -0.15) is 0 Å². The highest BCUT2D eigenvalue weighted by atomic mass is 32.2. The van der Waals surface area contributed by atoms with Gasteiger partial charge in [0.25, 0.3) is 0 Å². The molecule has 2 aromatic rings. The highest BCUT2D eigenvalue weighted by Crippen LogP contribution is 2.21. The fourth-order valence-corrected chi connectivity index (χ4v) is 5.20. The topological polar surface area (TPSA) is 111 Å². The average molecular weight is 425 g/mol. The predicted octanol–water partition coefficient (Wildman–Crippen LogP) is 2.47. The molecular weight excluding hydrogens is 404 g/mol. The van der Waals surface area contributed by atoms with Crippen molar-refractivity contribution < 1.29 is 26.5 Å². The summed E-state index contributed by atoms with van der Waals surface area (Å²) < 4.78 is 52.3. The van der Waals surface area contributed by atoms with Gasteiger partial charge in [0.15, 0.2) is 0 Å². The fraction of sp³-hybridized carbons (Fsp3) is 0.222. The molecule has 0 aliphatic heterocycles. The molecular formula is C18H20N2O6S2. The lowest BCUT2D eigenvalue weighted by atomic mass is 10.2. The van der Waals surface area contributed by atoms with Gasteiger partial charge in [0, 0.05) is 0 Å². The first-order valence-corrected chi connectivity index (χ1v) is 11.0. The van der Waals surface area contributed by atoms with Gasteiger partial charge in [-0.3, -0.25) is 0 Å². The number of hydrogen-bond donors (Lipinski definition) is 0. The van der Waals surface area contributed by atoms with Crippen LogP contribution in [0.1, 0.15) is 11.1 Å². The Labute approximate surface area is 164 Å². The Morgan fingerprint density at radius 2 is 0.929 bits per heavy atom. The number of rotatable bonds is 4. The van der Waals surface area contributed by atoms with E-state index in [4.69, 9.17) is 0 Å². The Morgan fingerprint density at radius 3 is 1.18 bits per heavy atom. The molecule has 0 radical (unpaired) electrons. The molecule has 0 bridgehead atoms. The van der Waals surface area contributed by atoms with E-state index in [0.29, 0.717) is 0 Å². The van der Waals surface area contributed by atoms with Gasteiger partial charge in [0.1, 0.15) is 14.2 Å². The summed E-state index contributed by atoms with van der Waals surface area (Å²) in [5.41, 5.74) is 1.67. The minimum Gasteiger partial charge on any atom is -0.398 e. The lowest BCUT2D eigenvalue weighted by Crippen LogP contribution is -2.32. The normalized spacial score (nSPS) is 13.3. The van der Waals surface area contributed by atoms with Gasteiger partial charge < -0.3 is 9.68 Å². The van der Waals surface area contributed by atoms with Crippen molar-refractivity contribution in [3.05, 3.63) is 59.7 Å². The zero-order valence-electron chi connectivity index (χ0n) is 15.8. The first kappa shape index (κ1) is 21.6. The summed E-state index contributed by atoms with van der Waals surface area (Å²) >= 11 is 0. The van der Waals surface area contributed by atoms with Gasteiger partial charge in [-0.25, -0.2) is 16.8 Å². The van der Waals surface area contributed by atoms with E-state index < -0.39 is 29.8 Å². The maximum Gasteiger partial charge on any atom is 0.240 e. The zero-order valence-corrected chi connectivity index (χ0v) is 17.4. The summed E-state index contributed by atoms with van der Waals surface area (Å²) in [7, 11) is -6.52. The summed E-state index contributed by atoms with van der Waals surface area (Å²) in [6.07, 6.45) is 0. The van der Waals surface area contributed by atoms with Gasteiger partial charge in [-0.15, -0.1) is 0 Å². The Kier molecular flexibility index (Phi) is 6.57. The van der Waals surface area contributed by atoms with Crippen LogP contribution in [0.25, 0.3) is 0 Å². The van der Waals surface area contributed by atoms with Crippen LogP contribution in [0.3, 0.4) is 0 Å². The van der Waals surface area contributed by atoms with Crippen LogP contribution < -0.4 is 0 Å². The lowest BCUT2D eigenvalue weighted by Gasteiger charge is -2.11. The summed E-state index contributed by atoms with van der Waals surface area (Å²) in [6.45, 7) is 3.58. The van der Waals surface area contributed by atoms with Gasteiger partial charge >= 0.3 is 0 Å². The molecule has 150 valence electrons. The SMILES string of the molecule is CO/N=C(\C(=N/OC)S(=O)(=O)c1ccc(C)cc1)S(=O)(=O)c1ccc(C)cc1. The molecule has 0 amide bonds. The molecule has 0 heterocycles. The van der Waals surface area contributed by atoms with Crippen LogP contribution in [0.15, 0.2) is 68.6 Å². The molecule has 0 saturated carbocycles. The highest BCUT2D eigenvalue weighted by molar-refractivity contribution is 8.18. The predicted molar refractivity (Wildman–Crippen MR) is 106 cm³/mol. The second-order valence-electron chi connectivity index (χ2n) is 5.79. The molecule has 0 N–H and O–H groups in total. The third kappa shape index (κ3) is 4.39. The van der Waals surface area contributed by atoms with E-state index in [2.05, 4.69) is 20.0 Å². The van der Waals surface area contributed by atoms with E-state index in [9.17, 15) is 16.8 Å². The van der Waals surface area contributed by atoms with Crippen molar-refractivity contribution in [1.82, 2.24) is 0 Å². The molecule has 0 aromatic heterocycles. The molecule has 0 saturated heterocycles. The molecule has 0 atom stereocenters. The first-order chi connectivity index (χ1) is 13.1. The van der Waals surface area contributed by atoms with Crippen molar-refractivity contribution in [1.29, 1.82) is 0 Å². The summed E-state index contributed by atoms with van der Waals surface area (Å²) in [5, 5.41) is 5.18. The fourth-order valence-electron chi connectivity index (χ4n) is 2.23. The number of nitrogens with zero attached hydrogens (tertiary/aromatic N) is 2. The van der Waals surface area contributed by atoms with Crippen LogP contribution in [-0.2, 0) is 29.3 Å². The smallest absolute Gasteiger partial charge is 0.240 e. The molecule has 0 unspecified atom stereocenters. The number of sulfone groups is 2. The van der Waals surface area contributed by atoms with E-state index in [1.165, 1.54) is 24.3 Å².